The SMILES string of the molecule is Cc1cc(C(C)NC(=O)c2ccc(I)c(O)c2)c(C)o1. The zero-order valence-electron chi connectivity index (χ0n) is 11.5. The van der Waals surface area contributed by atoms with Crippen molar-refractivity contribution < 1.29 is 14.3 Å². The maximum absolute atomic E-state index is 12.2. The highest BCUT2D eigenvalue weighted by Gasteiger charge is 2.16. The molecule has 4 nitrogen and oxygen atoms in total. The lowest BCUT2D eigenvalue weighted by Crippen LogP contribution is -2.26. The summed E-state index contributed by atoms with van der Waals surface area (Å²) in [5.41, 5.74) is 1.40. The van der Waals surface area contributed by atoms with Crippen LogP contribution < -0.4 is 5.32 Å². The maximum atomic E-state index is 12.2. The molecule has 1 heterocycles. The molecule has 106 valence electrons. The van der Waals surface area contributed by atoms with Crippen LogP contribution in [0.15, 0.2) is 28.7 Å². The molecule has 0 aliphatic carbocycles. The van der Waals surface area contributed by atoms with Crippen LogP contribution >= 0.6 is 22.6 Å². The van der Waals surface area contributed by atoms with E-state index in [4.69, 9.17) is 4.42 Å². The standard InChI is InChI=1S/C15H16INO3/c1-8-6-12(10(3)20-8)9(2)17-15(19)11-4-5-13(16)14(18)7-11/h4-7,9,18H,1-3H3,(H,17,19). The molecule has 1 aromatic carbocycles. The number of rotatable bonds is 3. The van der Waals surface area contributed by atoms with Gasteiger partial charge >= 0.3 is 0 Å². The van der Waals surface area contributed by atoms with E-state index in [0.29, 0.717) is 9.13 Å². The highest BCUT2D eigenvalue weighted by molar-refractivity contribution is 14.1. The third kappa shape index (κ3) is 3.15. The number of phenols is 1. The van der Waals surface area contributed by atoms with Gasteiger partial charge in [0.1, 0.15) is 17.3 Å². The number of phenolic OH excluding ortho intramolecular Hbond substituents is 1. The molecule has 0 saturated heterocycles. The van der Waals surface area contributed by atoms with Crippen LogP contribution in [-0.2, 0) is 0 Å². The van der Waals surface area contributed by atoms with Crippen molar-refractivity contribution in [3.05, 3.63) is 50.5 Å². The number of carbonyl (C=O) groups excluding carboxylic acids is 1. The second-order valence-electron chi connectivity index (χ2n) is 4.73. The van der Waals surface area contributed by atoms with Gasteiger partial charge in [0.05, 0.1) is 9.61 Å². The lowest BCUT2D eigenvalue weighted by atomic mass is 10.1. The molecular formula is C15H16INO3. The Morgan fingerprint density at radius 1 is 1.35 bits per heavy atom. The first-order chi connectivity index (χ1) is 9.38. The quantitative estimate of drug-likeness (QED) is 0.793. The van der Waals surface area contributed by atoms with E-state index in [1.807, 2.05) is 49.4 Å². The Hall–Kier alpha value is -1.50. The zero-order chi connectivity index (χ0) is 14.9. The smallest absolute Gasteiger partial charge is 0.251 e. The zero-order valence-corrected chi connectivity index (χ0v) is 13.7. The monoisotopic (exact) mass is 385 g/mol. The number of aryl methyl sites for hydroxylation is 2. The fourth-order valence-electron chi connectivity index (χ4n) is 2.09. The molecule has 0 bridgehead atoms. The molecule has 20 heavy (non-hydrogen) atoms. The normalized spacial score (nSPS) is 12.2. The molecule has 0 aliphatic rings. The Balaban J connectivity index is 2.15. The van der Waals surface area contributed by atoms with Gasteiger partial charge in [0.2, 0.25) is 0 Å². The minimum atomic E-state index is -0.220. The summed E-state index contributed by atoms with van der Waals surface area (Å²) in [7, 11) is 0. The molecule has 5 heteroatoms. The fourth-order valence-corrected chi connectivity index (χ4v) is 2.43. The highest BCUT2D eigenvalue weighted by Crippen LogP contribution is 2.23. The number of hydrogen-bond donors (Lipinski definition) is 2. The molecule has 0 spiro atoms. The third-order valence-corrected chi connectivity index (χ3v) is 4.01. The van der Waals surface area contributed by atoms with Crippen LogP contribution in [0.5, 0.6) is 5.75 Å². The van der Waals surface area contributed by atoms with Gasteiger partial charge in [-0.1, -0.05) is 0 Å². The predicted molar refractivity (Wildman–Crippen MR) is 84.9 cm³/mol. The summed E-state index contributed by atoms with van der Waals surface area (Å²) in [6, 6.07) is 6.64. The van der Waals surface area contributed by atoms with Crippen LogP contribution in [0.4, 0.5) is 0 Å². The molecule has 1 atom stereocenters. The summed E-state index contributed by atoms with van der Waals surface area (Å²) in [5.74, 6) is 1.52. The topological polar surface area (TPSA) is 62.5 Å². The van der Waals surface area contributed by atoms with Gasteiger partial charge in [0, 0.05) is 11.1 Å². The minimum Gasteiger partial charge on any atom is -0.507 e. The third-order valence-electron chi connectivity index (χ3n) is 3.10. The molecular weight excluding hydrogens is 369 g/mol. The van der Waals surface area contributed by atoms with Crippen LogP contribution in [0.1, 0.15) is 40.4 Å². The fraction of sp³-hybridized carbons (Fsp3) is 0.267. The van der Waals surface area contributed by atoms with Crippen molar-refractivity contribution in [1.82, 2.24) is 5.32 Å². The number of hydrogen-bond acceptors (Lipinski definition) is 3. The average Bonchev–Trinajstić information content (AvgIpc) is 2.71. The van der Waals surface area contributed by atoms with E-state index < -0.39 is 0 Å². The molecule has 2 N–H and O–H groups in total. The average molecular weight is 385 g/mol. The molecule has 0 radical (unpaired) electrons. The summed E-state index contributed by atoms with van der Waals surface area (Å²) in [6.07, 6.45) is 0. The first-order valence-electron chi connectivity index (χ1n) is 6.25. The van der Waals surface area contributed by atoms with Gasteiger partial charge in [-0.25, -0.2) is 0 Å². The van der Waals surface area contributed by atoms with E-state index in [1.165, 1.54) is 6.07 Å². The van der Waals surface area contributed by atoms with Crippen LogP contribution in [0.25, 0.3) is 0 Å². The molecule has 0 fully saturated rings. The van der Waals surface area contributed by atoms with Crippen molar-refractivity contribution in [2.24, 2.45) is 0 Å². The van der Waals surface area contributed by atoms with Crippen molar-refractivity contribution in [3.8, 4) is 5.75 Å². The number of halogens is 1. The predicted octanol–water partition coefficient (Wildman–Crippen LogP) is 3.70. The largest absolute Gasteiger partial charge is 0.507 e. The van der Waals surface area contributed by atoms with E-state index in [1.54, 1.807) is 12.1 Å². The highest BCUT2D eigenvalue weighted by atomic mass is 127. The Kier molecular flexibility index (Phi) is 4.37. The van der Waals surface area contributed by atoms with Gasteiger partial charge in [-0.2, -0.15) is 0 Å². The van der Waals surface area contributed by atoms with Crippen LogP contribution in [-0.4, -0.2) is 11.0 Å². The minimum absolute atomic E-state index is 0.112. The molecule has 1 amide bonds. The van der Waals surface area contributed by atoms with Gasteiger partial charge in [0.15, 0.2) is 0 Å². The first kappa shape index (κ1) is 14.9. The number of aromatic hydroxyl groups is 1. The van der Waals surface area contributed by atoms with Gasteiger partial charge < -0.3 is 14.8 Å². The van der Waals surface area contributed by atoms with Crippen molar-refractivity contribution in [2.75, 3.05) is 0 Å². The van der Waals surface area contributed by atoms with E-state index in [-0.39, 0.29) is 17.7 Å². The van der Waals surface area contributed by atoms with Crippen molar-refractivity contribution in [3.63, 3.8) is 0 Å². The van der Waals surface area contributed by atoms with Crippen molar-refractivity contribution in [2.45, 2.75) is 26.8 Å². The molecule has 0 saturated carbocycles. The summed E-state index contributed by atoms with van der Waals surface area (Å²) >= 11 is 2.01. The molecule has 0 aliphatic heterocycles. The molecule has 1 aromatic heterocycles. The van der Waals surface area contributed by atoms with E-state index in [2.05, 4.69) is 5.32 Å². The van der Waals surface area contributed by atoms with Crippen LogP contribution in [0.2, 0.25) is 0 Å². The second kappa shape index (κ2) is 5.87. The number of carbonyl (C=O) groups is 1. The molecule has 1 unspecified atom stereocenters. The van der Waals surface area contributed by atoms with Gasteiger partial charge in [-0.15, -0.1) is 0 Å². The van der Waals surface area contributed by atoms with Gasteiger partial charge in [0.25, 0.3) is 5.91 Å². The Morgan fingerprint density at radius 3 is 2.60 bits per heavy atom. The molecule has 2 rings (SSSR count). The number of amides is 1. The Morgan fingerprint density at radius 2 is 2.05 bits per heavy atom. The van der Waals surface area contributed by atoms with Crippen molar-refractivity contribution in [1.29, 1.82) is 0 Å². The second-order valence-corrected chi connectivity index (χ2v) is 5.89. The molecule has 2 aromatic rings. The van der Waals surface area contributed by atoms with Crippen LogP contribution in [0, 0.1) is 17.4 Å². The Labute approximate surface area is 131 Å². The lowest BCUT2D eigenvalue weighted by molar-refractivity contribution is 0.0939. The summed E-state index contributed by atoms with van der Waals surface area (Å²) in [5, 5.41) is 12.5. The van der Waals surface area contributed by atoms with E-state index in [9.17, 15) is 9.90 Å². The van der Waals surface area contributed by atoms with Gasteiger partial charge in [-0.05, 0) is 67.6 Å². The first-order valence-corrected chi connectivity index (χ1v) is 7.32. The Bertz CT molecular complexity index is 649. The maximum Gasteiger partial charge on any atom is 0.251 e. The summed E-state index contributed by atoms with van der Waals surface area (Å²) in [6.45, 7) is 5.66. The van der Waals surface area contributed by atoms with E-state index in [0.717, 1.165) is 17.1 Å². The van der Waals surface area contributed by atoms with E-state index >= 15 is 0 Å². The van der Waals surface area contributed by atoms with Crippen molar-refractivity contribution >= 4 is 28.5 Å². The summed E-state index contributed by atoms with van der Waals surface area (Å²) in [4.78, 5) is 12.2. The number of benzene rings is 1. The number of furan rings is 1. The summed E-state index contributed by atoms with van der Waals surface area (Å²) < 4.78 is 6.18. The van der Waals surface area contributed by atoms with Gasteiger partial charge in [-0.3, -0.25) is 4.79 Å². The number of nitrogens with one attached hydrogen (secondary N) is 1. The van der Waals surface area contributed by atoms with Crippen LogP contribution in [0.3, 0.4) is 0 Å². The lowest BCUT2D eigenvalue weighted by Gasteiger charge is -2.13.